The van der Waals surface area contributed by atoms with Gasteiger partial charge in [-0.1, -0.05) is 25.1 Å². The molecule has 0 atom stereocenters. The number of halogens is 1. The Morgan fingerprint density at radius 3 is 2.43 bits per heavy atom. The smallest absolute Gasteiger partial charge is 0.169 e. The second-order valence-electron chi connectivity index (χ2n) is 4.53. The van der Waals surface area contributed by atoms with Crippen LogP contribution in [-0.4, -0.2) is 13.2 Å². The fourth-order valence-electron chi connectivity index (χ4n) is 1.93. The van der Waals surface area contributed by atoms with Crippen LogP contribution >= 0.6 is 15.9 Å². The quantitative estimate of drug-likeness (QED) is 0.782. The number of benzene rings is 2. The molecule has 3 nitrogen and oxygen atoms in total. The first-order chi connectivity index (χ1) is 10.2. The van der Waals surface area contributed by atoms with Gasteiger partial charge in [0.1, 0.15) is 5.75 Å². The predicted molar refractivity (Wildman–Crippen MR) is 89.2 cm³/mol. The highest BCUT2D eigenvalue weighted by Gasteiger charge is 2.08. The van der Waals surface area contributed by atoms with Gasteiger partial charge in [0, 0.05) is 6.54 Å². The summed E-state index contributed by atoms with van der Waals surface area (Å²) in [6, 6.07) is 13.8. The Balaban J connectivity index is 2.16. The summed E-state index contributed by atoms with van der Waals surface area (Å²) in [4.78, 5) is 0. The fraction of sp³-hybridized carbons (Fsp3) is 0.294. The minimum absolute atomic E-state index is 0.614. The molecule has 0 unspecified atom stereocenters. The molecule has 2 aromatic rings. The summed E-state index contributed by atoms with van der Waals surface area (Å²) in [6.45, 7) is 6.48. The molecule has 0 bridgehead atoms. The van der Waals surface area contributed by atoms with E-state index in [0.29, 0.717) is 6.61 Å². The van der Waals surface area contributed by atoms with Gasteiger partial charge in [-0.2, -0.15) is 0 Å². The molecule has 4 heteroatoms. The standard InChI is InChI=1S/C17H20BrNO2/c1-3-19-12-13-9-10-15(14(18)11-13)21-17-8-6-5-7-16(17)20-4-2/h5-11,19H,3-4,12H2,1-2H3. The van der Waals surface area contributed by atoms with Crippen molar-refractivity contribution < 1.29 is 9.47 Å². The van der Waals surface area contributed by atoms with Gasteiger partial charge in [0.05, 0.1) is 11.1 Å². The molecule has 21 heavy (non-hydrogen) atoms. The lowest BCUT2D eigenvalue weighted by atomic mass is 10.2. The molecule has 0 fully saturated rings. The van der Waals surface area contributed by atoms with Crippen LogP contribution in [0.2, 0.25) is 0 Å². The molecular weight excluding hydrogens is 330 g/mol. The third-order valence-electron chi connectivity index (χ3n) is 2.94. The van der Waals surface area contributed by atoms with Gasteiger partial charge in [-0.25, -0.2) is 0 Å². The normalized spacial score (nSPS) is 10.4. The van der Waals surface area contributed by atoms with E-state index in [1.807, 2.05) is 37.3 Å². The molecule has 0 spiro atoms. The van der Waals surface area contributed by atoms with Crippen molar-refractivity contribution in [1.29, 1.82) is 0 Å². The number of para-hydroxylation sites is 2. The minimum atomic E-state index is 0.614. The largest absolute Gasteiger partial charge is 0.490 e. The second kappa shape index (κ2) is 8.05. The summed E-state index contributed by atoms with van der Waals surface area (Å²) in [6.07, 6.45) is 0. The van der Waals surface area contributed by atoms with Gasteiger partial charge in [0.2, 0.25) is 0 Å². The zero-order chi connectivity index (χ0) is 15.1. The van der Waals surface area contributed by atoms with Crippen LogP contribution in [0.3, 0.4) is 0 Å². The Bertz CT molecular complexity index is 587. The Morgan fingerprint density at radius 2 is 1.76 bits per heavy atom. The van der Waals surface area contributed by atoms with Crippen LogP contribution in [0, 0.1) is 0 Å². The van der Waals surface area contributed by atoms with E-state index in [9.17, 15) is 0 Å². The Labute approximate surface area is 134 Å². The molecular formula is C17H20BrNO2. The predicted octanol–water partition coefficient (Wildman–Crippen LogP) is 4.75. The van der Waals surface area contributed by atoms with Gasteiger partial charge in [0.15, 0.2) is 11.5 Å². The average molecular weight is 350 g/mol. The third-order valence-corrected chi connectivity index (χ3v) is 3.56. The number of hydrogen-bond acceptors (Lipinski definition) is 3. The highest BCUT2D eigenvalue weighted by molar-refractivity contribution is 9.10. The van der Waals surface area contributed by atoms with Crippen molar-refractivity contribution in [2.45, 2.75) is 20.4 Å². The van der Waals surface area contributed by atoms with Crippen molar-refractivity contribution in [2.24, 2.45) is 0 Å². The maximum atomic E-state index is 5.96. The van der Waals surface area contributed by atoms with Gasteiger partial charge < -0.3 is 14.8 Å². The van der Waals surface area contributed by atoms with Crippen molar-refractivity contribution in [2.75, 3.05) is 13.2 Å². The van der Waals surface area contributed by atoms with E-state index in [0.717, 1.165) is 34.8 Å². The van der Waals surface area contributed by atoms with Crippen LogP contribution in [0.1, 0.15) is 19.4 Å². The highest BCUT2D eigenvalue weighted by Crippen LogP contribution is 2.35. The van der Waals surface area contributed by atoms with Crippen molar-refractivity contribution in [3.05, 3.63) is 52.5 Å². The molecule has 0 amide bonds. The number of ether oxygens (including phenoxy) is 2. The summed E-state index contributed by atoms with van der Waals surface area (Å²) in [5, 5.41) is 3.31. The van der Waals surface area contributed by atoms with Crippen molar-refractivity contribution in [3.63, 3.8) is 0 Å². The van der Waals surface area contributed by atoms with Gasteiger partial charge in [-0.3, -0.25) is 0 Å². The number of nitrogens with one attached hydrogen (secondary N) is 1. The first-order valence-electron chi connectivity index (χ1n) is 7.13. The van der Waals surface area contributed by atoms with Crippen LogP contribution in [-0.2, 0) is 6.54 Å². The molecule has 0 heterocycles. The average Bonchev–Trinajstić information content (AvgIpc) is 2.49. The molecule has 112 valence electrons. The molecule has 2 rings (SSSR count). The monoisotopic (exact) mass is 349 g/mol. The van der Waals surface area contributed by atoms with Crippen LogP contribution < -0.4 is 14.8 Å². The van der Waals surface area contributed by atoms with Crippen LogP contribution in [0.4, 0.5) is 0 Å². The molecule has 0 saturated carbocycles. The van der Waals surface area contributed by atoms with Crippen molar-refractivity contribution in [3.8, 4) is 17.2 Å². The molecule has 0 radical (unpaired) electrons. The third kappa shape index (κ3) is 4.48. The van der Waals surface area contributed by atoms with Crippen LogP contribution in [0.5, 0.6) is 17.2 Å². The minimum Gasteiger partial charge on any atom is -0.490 e. The van der Waals surface area contributed by atoms with Gasteiger partial charge in [-0.05, 0) is 59.2 Å². The molecule has 2 aromatic carbocycles. The van der Waals surface area contributed by atoms with E-state index in [1.165, 1.54) is 5.56 Å². The summed E-state index contributed by atoms with van der Waals surface area (Å²) in [5.41, 5.74) is 1.22. The zero-order valence-electron chi connectivity index (χ0n) is 12.4. The van der Waals surface area contributed by atoms with E-state index in [1.54, 1.807) is 0 Å². The number of hydrogen-bond donors (Lipinski definition) is 1. The van der Waals surface area contributed by atoms with E-state index in [-0.39, 0.29) is 0 Å². The fourth-order valence-corrected chi connectivity index (χ4v) is 2.44. The van der Waals surface area contributed by atoms with Gasteiger partial charge in [0.25, 0.3) is 0 Å². The first-order valence-corrected chi connectivity index (χ1v) is 7.92. The molecule has 0 aliphatic carbocycles. The highest BCUT2D eigenvalue weighted by atomic mass is 79.9. The summed E-state index contributed by atoms with van der Waals surface area (Å²) in [5.74, 6) is 2.26. The maximum Gasteiger partial charge on any atom is 0.169 e. The van der Waals surface area contributed by atoms with Gasteiger partial charge >= 0.3 is 0 Å². The Hall–Kier alpha value is -1.52. The first kappa shape index (κ1) is 15.9. The molecule has 0 aliphatic rings. The van der Waals surface area contributed by atoms with E-state index in [2.05, 4.69) is 40.3 Å². The number of rotatable bonds is 7. The molecule has 0 aromatic heterocycles. The summed E-state index contributed by atoms with van der Waals surface area (Å²) < 4.78 is 12.5. The molecule has 0 aliphatic heterocycles. The zero-order valence-corrected chi connectivity index (χ0v) is 13.9. The van der Waals surface area contributed by atoms with Crippen LogP contribution in [0.15, 0.2) is 46.9 Å². The lowest BCUT2D eigenvalue weighted by Crippen LogP contribution is -2.11. The van der Waals surface area contributed by atoms with Crippen molar-refractivity contribution >= 4 is 15.9 Å². The lowest BCUT2D eigenvalue weighted by Gasteiger charge is -2.13. The lowest BCUT2D eigenvalue weighted by molar-refractivity contribution is 0.321. The Morgan fingerprint density at radius 1 is 1.00 bits per heavy atom. The van der Waals surface area contributed by atoms with E-state index in [4.69, 9.17) is 9.47 Å². The topological polar surface area (TPSA) is 30.5 Å². The van der Waals surface area contributed by atoms with Crippen LogP contribution in [0.25, 0.3) is 0 Å². The molecule has 0 saturated heterocycles. The van der Waals surface area contributed by atoms with Crippen molar-refractivity contribution in [1.82, 2.24) is 5.32 Å². The second-order valence-corrected chi connectivity index (χ2v) is 5.38. The summed E-state index contributed by atoms with van der Waals surface area (Å²) in [7, 11) is 0. The van der Waals surface area contributed by atoms with Gasteiger partial charge in [-0.15, -0.1) is 0 Å². The SMILES string of the molecule is CCNCc1ccc(Oc2ccccc2OCC)c(Br)c1. The maximum absolute atomic E-state index is 5.96. The Kier molecular flexibility index (Phi) is 6.08. The van der Waals surface area contributed by atoms with E-state index < -0.39 is 0 Å². The summed E-state index contributed by atoms with van der Waals surface area (Å²) >= 11 is 3.57. The molecule has 1 N–H and O–H groups in total. The van der Waals surface area contributed by atoms with E-state index >= 15 is 0 Å².